The molecule has 1 fully saturated rings. The monoisotopic (exact) mass is 350 g/mol. The van der Waals surface area contributed by atoms with E-state index in [-0.39, 0.29) is 42.6 Å². The van der Waals surface area contributed by atoms with Crippen LogP contribution in [0.3, 0.4) is 0 Å². The van der Waals surface area contributed by atoms with E-state index in [9.17, 15) is 9.18 Å². The van der Waals surface area contributed by atoms with Crippen LogP contribution in [0, 0.1) is 11.7 Å². The highest BCUT2D eigenvalue weighted by atomic mass is 35.5. The minimum atomic E-state index is -0.408. The zero-order valence-corrected chi connectivity index (χ0v) is 13.9. The van der Waals surface area contributed by atoms with Crippen molar-refractivity contribution in [2.24, 2.45) is 5.92 Å². The lowest BCUT2D eigenvalue weighted by Gasteiger charge is -2.28. The summed E-state index contributed by atoms with van der Waals surface area (Å²) in [5.74, 6) is -0.230. The Balaban J connectivity index is 0.00000208. The van der Waals surface area contributed by atoms with Crippen LogP contribution < -0.4 is 15.4 Å². The third kappa shape index (κ3) is 4.46. The molecule has 1 aliphatic rings. The lowest BCUT2D eigenvalue weighted by molar-refractivity contribution is -0.127. The first-order chi connectivity index (χ1) is 11.2. The maximum absolute atomic E-state index is 13.7. The maximum Gasteiger partial charge on any atom is 0.226 e. The Kier molecular flexibility index (Phi) is 6.58. The van der Waals surface area contributed by atoms with E-state index in [0.29, 0.717) is 13.1 Å². The average Bonchev–Trinajstić information content (AvgIpc) is 2.52. The molecule has 2 aromatic rings. The highest BCUT2D eigenvalue weighted by Crippen LogP contribution is 2.20. The molecule has 4 nitrogen and oxygen atoms in total. The molecular weight excluding hydrogens is 331 g/mol. The van der Waals surface area contributed by atoms with Crippen molar-refractivity contribution in [3.05, 3.63) is 66.0 Å². The van der Waals surface area contributed by atoms with Gasteiger partial charge in [0.2, 0.25) is 5.91 Å². The van der Waals surface area contributed by atoms with Gasteiger partial charge in [-0.25, -0.2) is 4.39 Å². The summed E-state index contributed by atoms with van der Waals surface area (Å²) in [5, 5.41) is 6.08. The van der Waals surface area contributed by atoms with Crippen molar-refractivity contribution >= 4 is 18.3 Å². The number of amides is 1. The van der Waals surface area contributed by atoms with Gasteiger partial charge in [-0.2, -0.15) is 0 Å². The van der Waals surface area contributed by atoms with E-state index in [1.165, 1.54) is 6.07 Å². The van der Waals surface area contributed by atoms with E-state index in [4.69, 9.17) is 4.74 Å². The summed E-state index contributed by atoms with van der Waals surface area (Å²) in [6, 6.07) is 15.5. The van der Waals surface area contributed by atoms with Crippen molar-refractivity contribution in [2.75, 3.05) is 19.7 Å². The van der Waals surface area contributed by atoms with Crippen LogP contribution in [0.1, 0.15) is 11.6 Å². The maximum atomic E-state index is 13.7. The average molecular weight is 351 g/mol. The molecule has 128 valence electrons. The summed E-state index contributed by atoms with van der Waals surface area (Å²) in [5.41, 5.74) is 0.935. The van der Waals surface area contributed by atoms with Crippen LogP contribution in [0.5, 0.6) is 5.75 Å². The van der Waals surface area contributed by atoms with Gasteiger partial charge in [-0.05, 0) is 17.7 Å². The second kappa shape index (κ2) is 8.66. The fourth-order valence-corrected chi connectivity index (χ4v) is 2.41. The summed E-state index contributed by atoms with van der Waals surface area (Å²) in [6.07, 6.45) is 0. The van der Waals surface area contributed by atoms with Crippen molar-refractivity contribution in [1.82, 2.24) is 10.6 Å². The molecule has 0 spiro atoms. The van der Waals surface area contributed by atoms with Crippen LogP contribution in [-0.2, 0) is 4.79 Å². The molecule has 0 saturated carbocycles. The van der Waals surface area contributed by atoms with Crippen molar-refractivity contribution < 1.29 is 13.9 Å². The Morgan fingerprint density at radius 2 is 1.83 bits per heavy atom. The van der Waals surface area contributed by atoms with E-state index in [0.717, 1.165) is 5.56 Å². The fraction of sp³-hybridized carbons (Fsp3) is 0.278. The molecule has 1 atom stereocenters. The molecule has 0 radical (unpaired) electrons. The van der Waals surface area contributed by atoms with Gasteiger partial charge in [-0.1, -0.05) is 42.5 Å². The van der Waals surface area contributed by atoms with E-state index in [1.54, 1.807) is 18.2 Å². The molecule has 6 heteroatoms. The first-order valence-electron chi connectivity index (χ1n) is 7.67. The number of carbonyl (C=O) groups excluding carboxylic acids is 1. The standard InChI is InChI=1S/C18H19FN2O2.ClH/c19-15-8-4-5-9-17(15)23-12-16(13-6-2-1-3-7-13)21-18(22)14-10-20-11-14;/h1-9,14,16,20H,10-12H2,(H,21,22);1H. The number of para-hydroxylation sites is 1. The van der Waals surface area contributed by atoms with Gasteiger partial charge < -0.3 is 15.4 Å². The quantitative estimate of drug-likeness (QED) is 0.842. The number of benzene rings is 2. The zero-order chi connectivity index (χ0) is 16.1. The topological polar surface area (TPSA) is 50.4 Å². The van der Waals surface area contributed by atoms with Gasteiger partial charge in [0.05, 0.1) is 12.0 Å². The van der Waals surface area contributed by atoms with E-state index in [2.05, 4.69) is 10.6 Å². The molecule has 1 heterocycles. The normalized spacial score (nSPS) is 14.9. The molecule has 1 saturated heterocycles. The molecule has 1 aliphatic heterocycles. The van der Waals surface area contributed by atoms with E-state index >= 15 is 0 Å². The fourth-order valence-electron chi connectivity index (χ4n) is 2.41. The SMILES string of the molecule is Cl.O=C(NC(COc1ccccc1F)c1ccccc1)C1CNC1. The molecule has 0 aromatic heterocycles. The molecule has 0 aliphatic carbocycles. The van der Waals surface area contributed by atoms with Gasteiger partial charge in [0.1, 0.15) is 6.61 Å². The Morgan fingerprint density at radius 1 is 1.17 bits per heavy atom. The van der Waals surface area contributed by atoms with Gasteiger partial charge in [0.25, 0.3) is 0 Å². The van der Waals surface area contributed by atoms with Crippen molar-refractivity contribution in [3.8, 4) is 5.75 Å². The lowest BCUT2D eigenvalue weighted by atomic mass is 10.0. The second-order valence-corrected chi connectivity index (χ2v) is 5.57. The molecular formula is C18H20ClFN2O2. The highest BCUT2D eigenvalue weighted by molar-refractivity contribution is 5.85. The van der Waals surface area contributed by atoms with Crippen molar-refractivity contribution in [1.29, 1.82) is 0 Å². The first-order valence-corrected chi connectivity index (χ1v) is 7.67. The third-order valence-electron chi connectivity index (χ3n) is 3.91. The number of nitrogens with one attached hydrogen (secondary N) is 2. The molecule has 1 unspecified atom stereocenters. The number of hydrogen-bond donors (Lipinski definition) is 2. The Hall–Kier alpha value is -2.11. The lowest BCUT2D eigenvalue weighted by Crippen LogP contribution is -2.51. The van der Waals surface area contributed by atoms with Crippen molar-refractivity contribution in [2.45, 2.75) is 6.04 Å². The summed E-state index contributed by atoms with van der Waals surface area (Å²) in [7, 11) is 0. The van der Waals surface area contributed by atoms with Gasteiger partial charge >= 0.3 is 0 Å². The molecule has 0 bridgehead atoms. The molecule has 2 N–H and O–H groups in total. The number of hydrogen-bond acceptors (Lipinski definition) is 3. The Morgan fingerprint density at radius 3 is 2.46 bits per heavy atom. The number of ether oxygens (including phenoxy) is 1. The summed E-state index contributed by atoms with van der Waals surface area (Å²) >= 11 is 0. The van der Waals surface area contributed by atoms with Gasteiger partial charge in [-0.3, -0.25) is 4.79 Å². The minimum Gasteiger partial charge on any atom is -0.488 e. The molecule has 24 heavy (non-hydrogen) atoms. The second-order valence-electron chi connectivity index (χ2n) is 5.57. The minimum absolute atomic E-state index is 0. The summed E-state index contributed by atoms with van der Waals surface area (Å²) < 4.78 is 19.3. The van der Waals surface area contributed by atoms with Crippen LogP contribution in [0.15, 0.2) is 54.6 Å². The van der Waals surface area contributed by atoms with Gasteiger partial charge in [-0.15, -0.1) is 12.4 Å². The largest absolute Gasteiger partial charge is 0.488 e. The predicted octanol–water partition coefficient (Wildman–Crippen LogP) is 2.70. The van der Waals surface area contributed by atoms with Crippen LogP contribution in [0.4, 0.5) is 4.39 Å². The van der Waals surface area contributed by atoms with Crippen LogP contribution in [0.25, 0.3) is 0 Å². The smallest absolute Gasteiger partial charge is 0.226 e. The Bertz CT molecular complexity index is 665. The predicted molar refractivity (Wildman–Crippen MR) is 92.8 cm³/mol. The molecule has 3 rings (SSSR count). The van der Waals surface area contributed by atoms with E-state index < -0.39 is 5.82 Å². The summed E-state index contributed by atoms with van der Waals surface area (Å²) in [4.78, 5) is 12.2. The van der Waals surface area contributed by atoms with Gasteiger partial charge in [0.15, 0.2) is 11.6 Å². The summed E-state index contributed by atoms with van der Waals surface area (Å²) in [6.45, 7) is 1.57. The van der Waals surface area contributed by atoms with Crippen LogP contribution >= 0.6 is 12.4 Å². The number of carbonyl (C=O) groups is 1. The highest BCUT2D eigenvalue weighted by Gasteiger charge is 2.27. The molecule has 2 aromatic carbocycles. The van der Waals surface area contributed by atoms with Crippen molar-refractivity contribution in [3.63, 3.8) is 0 Å². The van der Waals surface area contributed by atoms with Crippen LogP contribution in [0.2, 0.25) is 0 Å². The Labute approximate surface area is 146 Å². The zero-order valence-electron chi connectivity index (χ0n) is 13.1. The number of halogens is 2. The number of rotatable bonds is 6. The van der Waals surface area contributed by atoms with Gasteiger partial charge in [0, 0.05) is 13.1 Å². The first kappa shape index (κ1) is 18.2. The van der Waals surface area contributed by atoms with E-state index in [1.807, 2.05) is 30.3 Å². The van der Waals surface area contributed by atoms with Crippen LogP contribution in [-0.4, -0.2) is 25.6 Å². The third-order valence-corrected chi connectivity index (χ3v) is 3.91. The molecule has 1 amide bonds.